The number of hydrogen-bond donors (Lipinski definition) is 1. The van der Waals surface area contributed by atoms with Gasteiger partial charge in [-0.25, -0.2) is 18.1 Å². The fraction of sp³-hybridized carbons (Fsp3) is 0.0435. The number of benzene rings is 3. The van der Waals surface area contributed by atoms with Gasteiger partial charge in [0, 0.05) is 11.6 Å². The lowest BCUT2D eigenvalue weighted by molar-refractivity contribution is 0.459. The van der Waals surface area contributed by atoms with Crippen molar-refractivity contribution in [2.45, 2.75) is 11.8 Å². The van der Waals surface area contributed by atoms with E-state index in [4.69, 9.17) is 4.74 Å². The van der Waals surface area contributed by atoms with Gasteiger partial charge in [-0.1, -0.05) is 66.7 Å². The molecule has 0 atom stereocenters. The van der Waals surface area contributed by atoms with Crippen molar-refractivity contribution >= 4 is 16.0 Å². The highest BCUT2D eigenvalue weighted by molar-refractivity contribution is 7.92. The van der Waals surface area contributed by atoms with Crippen molar-refractivity contribution in [3.63, 3.8) is 0 Å². The van der Waals surface area contributed by atoms with Crippen LogP contribution >= 0.6 is 0 Å². The Kier molecular flexibility index (Phi) is 5.45. The molecule has 0 saturated heterocycles. The van der Waals surface area contributed by atoms with Crippen LogP contribution < -0.4 is 9.46 Å². The zero-order chi connectivity index (χ0) is 21.0. The molecule has 6 nitrogen and oxygen atoms in total. The summed E-state index contributed by atoms with van der Waals surface area (Å²) in [5, 5.41) is 0. The first-order valence-electron chi connectivity index (χ1n) is 9.27. The maximum Gasteiger partial charge on any atom is 0.264 e. The molecule has 0 spiro atoms. The van der Waals surface area contributed by atoms with Crippen LogP contribution in [0, 0.1) is 6.92 Å². The molecule has 0 unspecified atom stereocenters. The number of nitrogens with one attached hydrogen (secondary N) is 1. The van der Waals surface area contributed by atoms with Gasteiger partial charge in [-0.05, 0) is 30.7 Å². The molecule has 1 N–H and O–H groups in total. The van der Waals surface area contributed by atoms with E-state index in [1.165, 1.54) is 12.1 Å². The normalized spacial score (nSPS) is 11.1. The van der Waals surface area contributed by atoms with Crippen molar-refractivity contribution in [1.29, 1.82) is 0 Å². The summed E-state index contributed by atoms with van der Waals surface area (Å²) in [5.74, 6) is 0.805. The van der Waals surface area contributed by atoms with Gasteiger partial charge in [-0.3, -0.25) is 0 Å². The average molecular weight is 417 g/mol. The Morgan fingerprint density at radius 1 is 0.800 bits per heavy atom. The SMILES string of the molecule is Cc1ccccc1Oc1cc(-c2ccccc2)nc(NS(=O)(=O)c2ccccc2)n1. The minimum atomic E-state index is -3.84. The van der Waals surface area contributed by atoms with E-state index in [2.05, 4.69) is 14.7 Å². The van der Waals surface area contributed by atoms with Crippen molar-refractivity contribution in [2.75, 3.05) is 4.72 Å². The Balaban J connectivity index is 1.75. The Bertz CT molecular complexity index is 1260. The van der Waals surface area contributed by atoms with Gasteiger partial charge in [-0.15, -0.1) is 0 Å². The van der Waals surface area contributed by atoms with E-state index < -0.39 is 10.0 Å². The number of nitrogens with zero attached hydrogens (tertiary/aromatic N) is 2. The minimum absolute atomic E-state index is 0.0659. The molecule has 0 fully saturated rings. The zero-order valence-corrected chi connectivity index (χ0v) is 17.0. The van der Waals surface area contributed by atoms with Crippen LogP contribution in [0.1, 0.15) is 5.56 Å². The Hall–Kier alpha value is -3.71. The van der Waals surface area contributed by atoms with Crippen molar-refractivity contribution in [1.82, 2.24) is 9.97 Å². The largest absolute Gasteiger partial charge is 0.439 e. The van der Waals surface area contributed by atoms with Crippen molar-refractivity contribution in [3.8, 4) is 22.9 Å². The molecule has 0 bridgehead atoms. The first kappa shape index (κ1) is 19.6. The van der Waals surface area contributed by atoms with E-state index in [0.29, 0.717) is 11.4 Å². The third kappa shape index (κ3) is 4.47. The lowest BCUT2D eigenvalue weighted by atomic mass is 10.1. The van der Waals surface area contributed by atoms with E-state index in [0.717, 1.165) is 11.1 Å². The molecule has 0 saturated carbocycles. The molecule has 4 aromatic rings. The third-order valence-corrected chi connectivity index (χ3v) is 5.70. The van der Waals surface area contributed by atoms with E-state index in [9.17, 15) is 8.42 Å². The zero-order valence-electron chi connectivity index (χ0n) is 16.2. The van der Waals surface area contributed by atoms with E-state index in [-0.39, 0.29) is 16.7 Å². The van der Waals surface area contributed by atoms with Gasteiger partial charge in [0.15, 0.2) is 0 Å². The summed E-state index contributed by atoms with van der Waals surface area (Å²) in [6.45, 7) is 1.92. The number of anilines is 1. The number of sulfonamides is 1. The second-order valence-electron chi connectivity index (χ2n) is 6.57. The van der Waals surface area contributed by atoms with Crippen molar-refractivity contribution in [2.24, 2.45) is 0 Å². The summed E-state index contributed by atoms with van der Waals surface area (Å²) in [5.41, 5.74) is 2.29. The number of aryl methyl sites for hydroxylation is 1. The van der Waals surface area contributed by atoms with Crippen LogP contribution in [0.5, 0.6) is 11.6 Å². The van der Waals surface area contributed by atoms with E-state index in [1.807, 2.05) is 61.5 Å². The molecule has 0 radical (unpaired) electrons. The van der Waals surface area contributed by atoms with Crippen LogP contribution in [0.25, 0.3) is 11.3 Å². The monoisotopic (exact) mass is 417 g/mol. The maximum atomic E-state index is 12.7. The average Bonchev–Trinajstić information content (AvgIpc) is 2.76. The van der Waals surface area contributed by atoms with Gasteiger partial charge in [0.2, 0.25) is 11.8 Å². The van der Waals surface area contributed by atoms with Gasteiger partial charge < -0.3 is 4.74 Å². The highest BCUT2D eigenvalue weighted by atomic mass is 32.2. The predicted octanol–water partition coefficient (Wildman–Crippen LogP) is 5.05. The molecular formula is C23H19N3O3S. The number of aromatic nitrogens is 2. The van der Waals surface area contributed by atoms with E-state index >= 15 is 0 Å². The standard InChI is InChI=1S/C23H19N3O3S/c1-17-10-8-9-15-21(17)29-22-16-20(18-11-4-2-5-12-18)24-23(25-22)26-30(27,28)19-13-6-3-7-14-19/h2-16H,1H3,(H,24,25,26). The van der Waals surface area contributed by atoms with Gasteiger partial charge in [0.05, 0.1) is 10.6 Å². The molecule has 4 rings (SSSR count). The molecule has 3 aromatic carbocycles. The molecule has 30 heavy (non-hydrogen) atoms. The van der Waals surface area contributed by atoms with E-state index in [1.54, 1.807) is 24.3 Å². The molecule has 7 heteroatoms. The molecule has 1 aromatic heterocycles. The lowest BCUT2D eigenvalue weighted by Gasteiger charge is -2.12. The van der Waals surface area contributed by atoms with Gasteiger partial charge in [0.1, 0.15) is 5.75 Å². The quantitative estimate of drug-likeness (QED) is 0.475. The first-order valence-corrected chi connectivity index (χ1v) is 10.8. The summed E-state index contributed by atoms with van der Waals surface area (Å²) in [6, 6.07) is 26.7. The summed E-state index contributed by atoms with van der Waals surface area (Å²) >= 11 is 0. The second-order valence-corrected chi connectivity index (χ2v) is 8.25. The molecule has 0 aliphatic carbocycles. The second kappa shape index (κ2) is 8.34. The Labute approximate surface area is 175 Å². The highest BCUT2D eigenvalue weighted by Crippen LogP contribution is 2.28. The molecule has 150 valence electrons. The highest BCUT2D eigenvalue weighted by Gasteiger charge is 2.17. The van der Waals surface area contributed by atoms with Gasteiger partial charge in [-0.2, -0.15) is 4.98 Å². The lowest BCUT2D eigenvalue weighted by Crippen LogP contribution is -2.15. The van der Waals surface area contributed by atoms with Crippen molar-refractivity contribution in [3.05, 3.63) is 96.6 Å². The number of rotatable bonds is 6. The maximum absolute atomic E-state index is 12.7. The topological polar surface area (TPSA) is 81.2 Å². The van der Waals surface area contributed by atoms with Crippen LogP contribution in [0.3, 0.4) is 0 Å². The summed E-state index contributed by atoms with van der Waals surface area (Å²) < 4.78 is 33.9. The number of para-hydroxylation sites is 1. The van der Waals surface area contributed by atoms with Crippen LogP contribution in [0.2, 0.25) is 0 Å². The summed E-state index contributed by atoms with van der Waals surface area (Å²) in [7, 11) is -3.84. The minimum Gasteiger partial charge on any atom is -0.439 e. The van der Waals surface area contributed by atoms with Crippen LogP contribution in [0.15, 0.2) is 95.9 Å². The van der Waals surface area contributed by atoms with Gasteiger partial charge >= 0.3 is 0 Å². The molecule has 0 aliphatic heterocycles. The predicted molar refractivity (Wildman–Crippen MR) is 116 cm³/mol. The fourth-order valence-corrected chi connectivity index (χ4v) is 3.81. The van der Waals surface area contributed by atoms with Crippen LogP contribution in [-0.4, -0.2) is 18.4 Å². The number of ether oxygens (including phenoxy) is 1. The smallest absolute Gasteiger partial charge is 0.264 e. The molecule has 0 amide bonds. The molecule has 0 aliphatic rings. The van der Waals surface area contributed by atoms with Crippen LogP contribution in [-0.2, 0) is 10.0 Å². The Morgan fingerprint density at radius 2 is 1.43 bits per heavy atom. The fourth-order valence-electron chi connectivity index (χ4n) is 2.84. The van der Waals surface area contributed by atoms with Gasteiger partial charge in [0.25, 0.3) is 10.0 Å². The summed E-state index contributed by atoms with van der Waals surface area (Å²) in [6.07, 6.45) is 0. The molecular weight excluding hydrogens is 398 g/mol. The first-order chi connectivity index (χ1) is 14.5. The van der Waals surface area contributed by atoms with Crippen molar-refractivity contribution < 1.29 is 13.2 Å². The third-order valence-electron chi connectivity index (χ3n) is 4.36. The molecule has 1 heterocycles. The Morgan fingerprint density at radius 3 is 2.13 bits per heavy atom. The van der Waals surface area contributed by atoms with Crippen LogP contribution in [0.4, 0.5) is 5.95 Å². The number of hydrogen-bond acceptors (Lipinski definition) is 5. The summed E-state index contributed by atoms with van der Waals surface area (Å²) in [4.78, 5) is 8.80.